The van der Waals surface area contributed by atoms with Crippen molar-refractivity contribution in [3.8, 4) is 0 Å². The van der Waals surface area contributed by atoms with Gasteiger partial charge in [0.1, 0.15) is 0 Å². The molecule has 1 aromatic carbocycles. The van der Waals surface area contributed by atoms with Gasteiger partial charge in [-0.25, -0.2) is 0 Å². The lowest BCUT2D eigenvalue weighted by molar-refractivity contribution is 0.276. The van der Waals surface area contributed by atoms with Gasteiger partial charge < -0.3 is 10.2 Å². The Morgan fingerprint density at radius 2 is 1.50 bits per heavy atom. The van der Waals surface area contributed by atoms with Crippen molar-refractivity contribution in [2.75, 3.05) is 5.73 Å². The molecule has 0 spiro atoms. The van der Waals surface area contributed by atoms with E-state index in [1.807, 2.05) is 0 Å². The van der Waals surface area contributed by atoms with Gasteiger partial charge in [-0.1, -0.05) is 67.5 Å². The minimum atomic E-state index is -1.75. The molecule has 0 saturated heterocycles. The van der Waals surface area contributed by atoms with Crippen LogP contribution in [0.5, 0.6) is 0 Å². The summed E-state index contributed by atoms with van der Waals surface area (Å²) in [6, 6.07) is 6.53. The minimum Gasteiger partial charge on any atom is -0.412 e. The lowest BCUT2D eigenvalue weighted by Crippen LogP contribution is -2.40. The van der Waals surface area contributed by atoms with E-state index in [0.29, 0.717) is 12.0 Å². The van der Waals surface area contributed by atoms with E-state index in [1.165, 1.54) is 5.56 Å². The second kappa shape index (κ2) is 6.84. The average molecular weight is 350 g/mol. The van der Waals surface area contributed by atoms with Gasteiger partial charge in [-0.05, 0) is 52.6 Å². The number of rotatable bonds is 5. The quantitative estimate of drug-likeness (QED) is 0.486. The monoisotopic (exact) mass is 349 g/mol. The second-order valence-corrected chi connectivity index (χ2v) is 15.4. The molecular formula is C21H39NOSi. The smallest absolute Gasteiger partial charge is 0.192 e. The van der Waals surface area contributed by atoms with E-state index in [1.54, 1.807) is 0 Å². The predicted octanol–water partition coefficient (Wildman–Crippen LogP) is 6.50. The molecule has 2 nitrogen and oxygen atoms in total. The normalized spacial score (nSPS) is 14.1. The molecule has 0 saturated carbocycles. The third kappa shape index (κ3) is 5.63. The highest BCUT2D eigenvalue weighted by molar-refractivity contribution is 6.74. The number of hydrogen-bond acceptors (Lipinski definition) is 2. The van der Waals surface area contributed by atoms with E-state index in [-0.39, 0.29) is 10.5 Å². The Labute approximate surface area is 151 Å². The summed E-state index contributed by atoms with van der Waals surface area (Å²) in [4.78, 5) is 0. The minimum absolute atomic E-state index is 0.116. The summed E-state index contributed by atoms with van der Waals surface area (Å²) in [6.07, 6.45) is 1.12. The zero-order valence-corrected chi connectivity index (χ0v) is 18.6. The van der Waals surface area contributed by atoms with Crippen molar-refractivity contribution < 1.29 is 4.43 Å². The largest absolute Gasteiger partial charge is 0.412 e. The summed E-state index contributed by atoms with van der Waals surface area (Å²) in [5, 5.41) is 0.219. The summed E-state index contributed by atoms with van der Waals surface area (Å²) in [5.41, 5.74) is 10.0. The highest BCUT2D eigenvalue weighted by Crippen LogP contribution is 2.39. The fourth-order valence-corrected chi connectivity index (χ4v) is 4.00. The van der Waals surface area contributed by atoms with Crippen LogP contribution in [0.4, 0.5) is 5.69 Å². The van der Waals surface area contributed by atoms with Crippen LogP contribution in [-0.2, 0) is 16.4 Å². The number of benzene rings is 1. The number of hydrogen-bond donors (Lipinski definition) is 1. The highest BCUT2D eigenvalue weighted by Gasteiger charge is 2.37. The number of nitrogens with two attached hydrogens (primary N) is 1. The molecule has 0 radical (unpaired) electrons. The van der Waals surface area contributed by atoms with Crippen molar-refractivity contribution in [1.29, 1.82) is 0 Å². The first kappa shape index (κ1) is 21.2. The van der Waals surface area contributed by atoms with Gasteiger partial charge in [0.05, 0.1) is 6.61 Å². The van der Waals surface area contributed by atoms with Gasteiger partial charge in [0, 0.05) is 5.69 Å². The first-order valence-electron chi connectivity index (χ1n) is 9.08. The Hall–Kier alpha value is -0.803. The lowest BCUT2D eigenvalue weighted by atomic mass is 9.72. The van der Waals surface area contributed by atoms with Crippen LogP contribution in [0.1, 0.15) is 72.9 Å². The Morgan fingerprint density at radius 3 is 1.92 bits per heavy atom. The van der Waals surface area contributed by atoms with Gasteiger partial charge in [-0.2, -0.15) is 0 Å². The Balaban J connectivity index is 2.93. The predicted molar refractivity (Wildman–Crippen MR) is 110 cm³/mol. The van der Waals surface area contributed by atoms with E-state index < -0.39 is 8.32 Å². The third-order valence-electron chi connectivity index (χ3n) is 5.29. The molecule has 0 aromatic heterocycles. The molecule has 1 aromatic rings. The molecule has 3 heteroatoms. The van der Waals surface area contributed by atoms with Crippen LogP contribution in [-0.4, -0.2) is 8.32 Å². The van der Waals surface area contributed by atoms with Gasteiger partial charge >= 0.3 is 0 Å². The van der Waals surface area contributed by atoms with Crippen molar-refractivity contribution in [3.05, 3.63) is 29.3 Å². The molecule has 1 rings (SSSR count). The van der Waals surface area contributed by atoms with E-state index in [2.05, 4.69) is 86.7 Å². The molecule has 0 heterocycles. The standard InChI is InChI=1S/C21H39NOSi/c1-19(2,3)15-21(7,8)17-12-11-16(18(22)13-17)14-23-24(9,10)20(4,5)6/h11-13H,14-15,22H2,1-10H3. The summed E-state index contributed by atoms with van der Waals surface area (Å²) in [6.45, 7) is 23.5. The highest BCUT2D eigenvalue weighted by atomic mass is 28.4. The van der Waals surface area contributed by atoms with Gasteiger partial charge in [-0.3, -0.25) is 0 Å². The van der Waals surface area contributed by atoms with Crippen LogP contribution in [0, 0.1) is 5.41 Å². The summed E-state index contributed by atoms with van der Waals surface area (Å²) >= 11 is 0. The van der Waals surface area contributed by atoms with Crippen LogP contribution < -0.4 is 5.73 Å². The molecule has 138 valence electrons. The Bertz CT molecular complexity index is 562. The zero-order chi connectivity index (χ0) is 19.0. The van der Waals surface area contributed by atoms with E-state index >= 15 is 0 Å². The van der Waals surface area contributed by atoms with E-state index in [0.717, 1.165) is 17.7 Å². The van der Waals surface area contributed by atoms with E-state index in [9.17, 15) is 0 Å². The maximum atomic E-state index is 6.36. The maximum Gasteiger partial charge on any atom is 0.192 e. The summed E-state index contributed by atoms with van der Waals surface area (Å²) < 4.78 is 6.33. The van der Waals surface area contributed by atoms with Crippen LogP contribution in [0.15, 0.2) is 18.2 Å². The molecule has 0 fully saturated rings. The first-order valence-corrected chi connectivity index (χ1v) is 12.0. The summed E-state index contributed by atoms with van der Waals surface area (Å²) in [5.74, 6) is 0. The molecule has 0 amide bonds. The Kier molecular flexibility index (Phi) is 6.05. The van der Waals surface area contributed by atoms with Crippen molar-refractivity contribution in [2.24, 2.45) is 5.41 Å². The fourth-order valence-electron chi connectivity index (χ4n) is 3.05. The van der Waals surface area contributed by atoms with Gasteiger partial charge in [0.15, 0.2) is 8.32 Å². The van der Waals surface area contributed by atoms with Crippen molar-refractivity contribution in [3.63, 3.8) is 0 Å². The van der Waals surface area contributed by atoms with Crippen LogP contribution in [0.25, 0.3) is 0 Å². The molecule has 0 aliphatic rings. The van der Waals surface area contributed by atoms with Gasteiger partial charge in [0.25, 0.3) is 0 Å². The van der Waals surface area contributed by atoms with Crippen molar-refractivity contribution in [2.45, 2.75) is 92.0 Å². The SMILES string of the molecule is CC(C)(C)CC(C)(C)c1ccc(CO[Si](C)(C)C(C)(C)C)c(N)c1. The van der Waals surface area contributed by atoms with Crippen LogP contribution >= 0.6 is 0 Å². The number of nitrogen functional groups attached to an aromatic ring is 1. The lowest BCUT2D eigenvalue weighted by Gasteiger charge is -2.36. The second-order valence-electron chi connectivity index (χ2n) is 10.6. The van der Waals surface area contributed by atoms with Crippen molar-refractivity contribution >= 4 is 14.0 Å². The van der Waals surface area contributed by atoms with Gasteiger partial charge in [-0.15, -0.1) is 0 Å². The van der Waals surface area contributed by atoms with E-state index in [4.69, 9.17) is 10.2 Å². The molecule has 0 bridgehead atoms. The van der Waals surface area contributed by atoms with Crippen LogP contribution in [0.2, 0.25) is 18.1 Å². The molecule has 0 aliphatic carbocycles. The first-order chi connectivity index (χ1) is 10.6. The molecular weight excluding hydrogens is 310 g/mol. The third-order valence-corrected chi connectivity index (χ3v) is 9.77. The van der Waals surface area contributed by atoms with Crippen molar-refractivity contribution in [1.82, 2.24) is 0 Å². The molecule has 0 atom stereocenters. The fraction of sp³-hybridized carbons (Fsp3) is 0.714. The summed E-state index contributed by atoms with van der Waals surface area (Å²) in [7, 11) is -1.75. The topological polar surface area (TPSA) is 35.2 Å². The molecule has 0 aliphatic heterocycles. The average Bonchev–Trinajstić information content (AvgIpc) is 2.32. The van der Waals surface area contributed by atoms with Crippen LogP contribution in [0.3, 0.4) is 0 Å². The maximum absolute atomic E-state index is 6.36. The number of anilines is 1. The molecule has 2 N–H and O–H groups in total. The molecule has 24 heavy (non-hydrogen) atoms. The Morgan fingerprint density at radius 1 is 0.958 bits per heavy atom. The zero-order valence-electron chi connectivity index (χ0n) is 17.6. The van der Waals surface area contributed by atoms with Gasteiger partial charge in [0.2, 0.25) is 0 Å². The molecule has 0 unspecified atom stereocenters.